The van der Waals surface area contributed by atoms with Gasteiger partial charge in [0.1, 0.15) is 11.8 Å². The monoisotopic (exact) mass is 409 g/mol. The van der Waals surface area contributed by atoms with Crippen LogP contribution < -0.4 is 4.90 Å². The summed E-state index contributed by atoms with van der Waals surface area (Å²) in [5, 5.41) is 13.3. The van der Waals surface area contributed by atoms with E-state index >= 15 is 0 Å². The standard InChI is InChI=1S/C22H16ClNO3S/c1-13-4-2-5-16(12-13)24-19(17-6-3-11-28-17)18(21(26)22(24)27)20(25)14-7-9-15(23)10-8-14/h2-12,19,25H,1H3/b20-18-. The third-order valence-corrected chi connectivity index (χ3v) is 5.83. The summed E-state index contributed by atoms with van der Waals surface area (Å²) in [6.07, 6.45) is 0. The van der Waals surface area contributed by atoms with Crippen molar-refractivity contribution in [3.05, 3.63) is 92.6 Å². The molecule has 0 bridgehead atoms. The van der Waals surface area contributed by atoms with Crippen LogP contribution in [0.1, 0.15) is 22.0 Å². The molecular weight excluding hydrogens is 394 g/mol. The molecule has 2 heterocycles. The average Bonchev–Trinajstić information content (AvgIpc) is 3.29. The summed E-state index contributed by atoms with van der Waals surface area (Å²) in [4.78, 5) is 28.1. The molecule has 2 aromatic carbocycles. The predicted octanol–water partition coefficient (Wildman–Crippen LogP) is 5.34. The van der Waals surface area contributed by atoms with Gasteiger partial charge >= 0.3 is 0 Å². The topological polar surface area (TPSA) is 57.6 Å². The van der Waals surface area contributed by atoms with Crippen LogP contribution >= 0.6 is 22.9 Å². The molecule has 1 aliphatic rings. The third-order valence-electron chi connectivity index (χ3n) is 4.65. The van der Waals surface area contributed by atoms with Crippen LogP contribution in [0, 0.1) is 6.92 Å². The number of aliphatic hydroxyl groups is 1. The first-order valence-electron chi connectivity index (χ1n) is 8.64. The number of benzene rings is 2. The molecule has 4 nitrogen and oxygen atoms in total. The highest BCUT2D eigenvalue weighted by Crippen LogP contribution is 2.43. The van der Waals surface area contributed by atoms with Crippen LogP contribution in [-0.2, 0) is 9.59 Å². The fraction of sp³-hybridized carbons (Fsp3) is 0.0909. The largest absolute Gasteiger partial charge is 0.507 e. The summed E-state index contributed by atoms with van der Waals surface area (Å²) < 4.78 is 0. The van der Waals surface area contributed by atoms with Crippen LogP contribution in [0.5, 0.6) is 0 Å². The molecule has 1 saturated heterocycles. The van der Waals surface area contributed by atoms with Gasteiger partial charge in [-0.15, -0.1) is 11.3 Å². The van der Waals surface area contributed by atoms with Crippen molar-refractivity contribution < 1.29 is 14.7 Å². The van der Waals surface area contributed by atoms with Crippen LogP contribution in [0.25, 0.3) is 5.76 Å². The Bertz CT molecular complexity index is 1090. The molecular formula is C22H16ClNO3S. The van der Waals surface area contributed by atoms with E-state index in [0.29, 0.717) is 16.3 Å². The fourth-order valence-corrected chi connectivity index (χ4v) is 4.31. The van der Waals surface area contributed by atoms with Gasteiger partial charge in [-0.1, -0.05) is 29.8 Å². The van der Waals surface area contributed by atoms with Crippen LogP contribution in [0.4, 0.5) is 5.69 Å². The number of Topliss-reactive ketones (excluding diaryl/α,β-unsaturated/α-hetero) is 1. The Hall–Kier alpha value is -2.89. The van der Waals surface area contributed by atoms with Crippen LogP contribution in [-0.4, -0.2) is 16.8 Å². The van der Waals surface area contributed by atoms with Crippen LogP contribution in [0.2, 0.25) is 5.02 Å². The number of anilines is 1. The Morgan fingerprint density at radius 2 is 1.82 bits per heavy atom. The van der Waals surface area contributed by atoms with Crippen molar-refractivity contribution in [3.63, 3.8) is 0 Å². The lowest BCUT2D eigenvalue weighted by Crippen LogP contribution is -2.29. The molecule has 1 amide bonds. The summed E-state index contributed by atoms with van der Waals surface area (Å²) in [6.45, 7) is 1.92. The number of carbonyl (C=O) groups excluding carboxylic acids is 2. The zero-order valence-electron chi connectivity index (χ0n) is 14.9. The lowest BCUT2D eigenvalue weighted by Gasteiger charge is -2.24. The summed E-state index contributed by atoms with van der Waals surface area (Å²) in [7, 11) is 0. The maximum Gasteiger partial charge on any atom is 0.300 e. The normalized spacial score (nSPS) is 18.6. The highest BCUT2D eigenvalue weighted by atomic mass is 35.5. The van der Waals surface area contributed by atoms with E-state index in [9.17, 15) is 14.7 Å². The van der Waals surface area contributed by atoms with Crippen molar-refractivity contribution in [2.45, 2.75) is 13.0 Å². The lowest BCUT2D eigenvalue weighted by atomic mass is 9.99. The van der Waals surface area contributed by atoms with E-state index in [1.54, 1.807) is 30.3 Å². The molecule has 1 unspecified atom stereocenters. The Morgan fingerprint density at radius 3 is 2.46 bits per heavy atom. The van der Waals surface area contributed by atoms with E-state index in [-0.39, 0.29) is 11.3 Å². The van der Waals surface area contributed by atoms with Gasteiger partial charge in [0.2, 0.25) is 0 Å². The van der Waals surface area contributed by atoms with Gasteiger partial charge in [-0.05, 0) is 60.3 Å². The van der Waals surface area contributed by atoms with Gasteiger partial charge in [-0.25, -0.2) is 0 Å². The first kappa shape index (κ1) is 18.5. The van der Waals surface area contributed by atoms with Crippen molar-refractivity contribution in [2.24, 2.45) is 0 Å². The molecule has 1 N–H and O–H groups in total. The Morgan fingerprint density at radius 1 is 1.07 bits per heavy atom. The van der Waals surface area contributed by atoms with Gasteiger partial charge in [0.05, 0.1) is 5.57 Å². The molecule has 0 radical (unpaired) electrons. The van der Waals surface area contributed by atoms with Gasteiger partial charge in [0, 0.05) is 21.2 Å². The molecule has 1 aromatic heterocycles. The second-order valence-corrected chi connectivity index (χ2v) is 7.95. The number of amides is 1. The lowest BCUT2D eigenvalue weighted by molar-refractivity contribution is -0.132. The van der Waals surface area contributed by atoms with Gasteiger partial charge in [-0.3, -0.25) is 14.5 Å². The summed E-state index contributed by atoms with van der Waals surface area (Å²) in [5.41, 5.74) is 2.11. The number of aliphatic hydroxyl groups excluding tert-OH is 1. The van der Waals surface area contributed by atoms with Crippen molar-refractivity contribution in [2.75, 3.05) is 4.90 Å². The molecule has 140 valence electrons. The summed E-state index contributed by atoms with van der Waals surface area (Å²) in [5.74, 6) is -1.56. The first-order valence-corrected chi connectivity index (χ1v) is 9.90. The SMILES string of the molecule is Cc1cccc(N2C(=O)C(=O)/C(=C(\O)c3ccc(Cl)cc3)C2c2cccs2)c1. The van der Waals surface area contributed by atoms with E-state index in [1.165, 1.54) is 16.2 Å². The number of hydrogen-bond acceptors (Lipinski definition) is 4. The second-order valence-electron chi connectivity index (χ2n) is 6.53. The molecule has 0 spiro atoms. The number of halogens is 1. The molecule has 0 saturated carbocycles. The molecule has 1 atom stereocenters. The van der Waals surface area contributed by atoms with Gasteiger partial charge in [0.15, 0.2) is 0 Å². The maximum atomic E-state index is 12.9. The molecule has 4 rings (SSSR count). The van der Waals surface area contributed by atoms with E-state index in [2.05, 4.69) is 0 Å². The van der Waals surface area contributed by atoms with Crippen molar-refractivity contribution in [1.82, 2.24) is 0 Å². The van der Waals surface area contributed by atoms with E-state index in [4.69, 9.17) is 11.6 Å². The number of nitrogens with zero attached hydrogens (tertiary/aromatic N) is 1. The van der Waals surface area contributed by atoms with E-state index < -0.39 is 17.7 Å². The zero-order chi connectivity index (χ0) is 19.8. The minimum atomic E-state index is -0.702. The van der Waals surface area contributed by atoms with E-state index in [0.717, 1.165) is 10.4 Å². The summed E-state index contributed by atoms with van der Waals surface area (Å²) in [6, 6.07) is 17.0. The number of thiophene rings is 1. The molecule has 3 aromatic rings. The molecule has 28 heavy (non-hydrogen) atoms. The highest BCUT2D eigenvalue weighted by Gasteiger charge is 2.47. The fourth-order valence-electron chi connectivity index (χ4n) is 3.36. The maximum absolute atomic E-state index is 12.9. The van der Waals surface area contributed by atoms with Gasteiger partial charge < -0.3 is 5.11 Å². The summed E-state index contributed by atoms with van der Waals surface area (Å²) >= 11 is 7.36. The Kier molecular flexibility index (Phi) is 4.79. The zero-order valence-corrected chi connectivity index (χ0v) is 16.5. The second kappa shape index (κ2) is 7.26. The minimum absolute atomic E-state index is 0.0799. The minimum Gasteiger partial charge on any atom is -0.507 e. The molecule has 1 fully saturated rings. The number of ketones is 1. The molecule has 1 aliphatic heterocycles. The Labute approximate surface area is 171 Å². The number of rotatable bonds is 3. The van der Waals surface area contributed by atoms with Crippen molar-refractivity contribution in [1.29, 1.82) is 0 Å². The number of aryl methyl sites for hydroxylation is 1. The Balaban J connectivity index is 1.93. The van der Waals surface area contributed by atoms with Crippen molar-refractivity contribution >= 4 is 46.1 Å². The molecule has 6 heteroatoms. The van der Waals surface area contributed by atoms with Gasteiger partial charge in [-0.2, -0.15) is 0 Å². The average molecular weight is 410 g/mol. The quantitative estimate of drug-likeness (QED) is 0.361. The third kappa shape index (κ3) is 3.13. The van der Waals surface area contributed by atoms with Gasteiger partial charge in [0.25, 0.3) is 11.7 Å². The van der Waals surface area contributed by atoms with E-state index in [1.807, 2.05) is 42.6 Å². The molecule has 0 aliphatic carbocycles. The van der Waals surface area contributed by atoms with Crippen molar-refractivity contribution in [3.8, 4) is 0 Å². The van der Waals surface area contributed by atoms with Crippen LogP contribution in [0.3, 0.4) is 0 Å². The predicted molar refractivity (Wildman–Crippen MR) is 112 cm³/mol. The number of hydrogen-bond donors (Lipinski definition) is 1. The first-order chi connectivity index (χ1) is 13.5. The highest BCUT2D eigenvalue weighted by molar-refractivity contribution is 7.10. The smallest absolute Gasteiger partial charge is 0.300 e. The number of carbonyl (C=O) groups is 2. The van der Waals surface area contributed by atoms with Crippen LogP contribution in [0.15, 0.2) is 71.6 Å².